The van der Waals surface area contributed by atoms with E-state index < -0.39 is 0 Å². The number of fused-ring (bicyclic) bond motifs is 6. The van der Waals surface area contributed by atoms with Crippen molar-refractivity contribution in [2.24, 2.45) is 0 Å². The first kappa shape index (κ1) is 14.0. The highest BCUT2D eigenvalue weighted by Crippen LogP contribution is 2.40. The van der Waals surface area contributed by atoms with Gasteiger partial charge in [0, 0.05) is 37.1 Å². The van der Waals surface area contributed by atoms with Gasteiger partial charge in [-0.1, -0.05) is 36.4 Å². The van der Waals surface area contributed by atoms with Crippen LogP contribution in [0.15, 0.2) is 79.3 Å². The summed E-state index contributed by atoms with van der Waals surface area (Å²) in [6.07, 6.45) is 3.40. The van der Waals surface area contributed by atoms with Gasteiger partial charge in [0.15, 0.2) is 0 Å². The lowest BCUT2D eigenvalue weighted by Crippen LogP contribution is -1.96. The van der Waals surface area contributed by atoms with Gasteiger partial charge >= 0.3 is 0 Å². The van der Waals surface area contributed by atoms with Crippen LogP contribution in [0.25, 0.3) is 47.8 Å². The normalized spacial score (nSPS) is 11.8. The maximum atomic E-state index is 4.51. The zero-order valence-corrected chi connectivity index (χ0v) is 14.6. The Morgan fingerprint density at radius 2 is 1.54 bits per heavy atom. The van der Waals surface area contributed by atoms with E-state index in [1.807, 2.05) is 17.4 Å². The molecule has 0 aliphatic heterocycles. The van der Waals surface area contributed by atoms with E-state index in [1.165, 1.54) is 42.0 Å². The Morgan fingerprint density at radius 1 is 0.692 bits per heavy atom. The van der Waals surface area contributed by atoms with Gasteiger partial charge in [0.25, 0.3) is 0 Å². The minimum Gasteiger partial charge on any atom is -0.294 e. The Labute approximate surface area is 153 Å². The summed E-state index contributed by atoms with van der Waals surface area (Å²) in [7, 11) is 0. The summed E-state index contributed by atoms with van der Waals surface area (Å²) in [5, 5.41) is 5.13. The van der Waals surface area contributed by atoms with Crippen LogP contribution in [-0.4, -0.2) is 14.5 Å². The Morgan fingerprint density at radius 3 is 2.42 bits per heavy atom. The molecule has 122 valence electrons. The molecule has 26 heavy (non-hydrogen) atoms. The van der Waals surface area contributed by atoms with Crippen LogP contribution in [0.5, 0.6) is 0 Å². The van der Waals surface area contributed by atoms with Crippen LogP contribution in [0.1, 0.15) is 0 Å². The largest absolute Gasteiger partial charge is 0.294 e. The van der Waals surface area contributed by atoms with E-state index in [1.54, 1.807) is 12.5 Å². The average Bonchev–Trinajstić information content (AvgIpc) is 3.22. The minimum absolute atomic E-state index is 0.894. The Hall–Kier alpha value is -3.24. The zero-order valence-electron chi connectivity index (χ0n) is 13.8. The summed E-state index contributed by atoms with van der Waals surface area (Å²) < 4.78 is 4.88. The van der Waals surface area contributed by atoms with Crippen molar-refractivity contribution in [3.8, 4) is 5.82 Å². The van der Waals surface area contributed by atoms with Gasteiger partial charge in [-0.2, -0.15) is 0 Å². The lowest BCUT2D eigenvalue weighted by molar-refractivity contribution is 1.04. The Bertz CT molecular complexity index is 1430. The molecule has 0 amide bonds. The molecular weight excluding hydrogens is 338 g/mol. The molecule has 0 aliphatic rings. The summed E-state index contributed by atoms with van der Waals surface area (Å²) in [6.45, 7) is 0. The molecule has 3 nitrogen and oxygen atoms in total. The van der Waals surface area contributed by atoms with Gasteiger partial charge in [0.1, 0.15) is 12.1 Å². The van der Waals surface area contributed by atoms with Gasteiger partial charge in [-0.05, 0) is 30.3 Å². The summed E-state index contributed by atoms with van der Waals surface area (Å²) >= 11 is 1.86. The van der Waals surface area contributed by atoms with Crippen LogP contribution in [-0.2, 0) is 0 Å². The molecule has 3 aromatic heterocycles. The molecule has 0 radical (unpaired) electrons. The number of hydrogen-bond acceptors (Lipinski definition) is 3. The van der Waals surface area contributed by atoms with E-state index in [9.17, 15) is 0 Å². The number of rotatable bonds is 1. The summed E-state index contributed by atoms with van der Waals surface area (Å²) in [5.41, 5.74) is 2.35. The van der Waals surface area contributed by atoms with Crippen LogP contribution in [0, 0.1) is 0 Å². The quantitative estimate of drug-likeness (QED) is 0.367. The predicted molar refractivity (Wildman–Crippen MR) is 109 cm³/mol. The van der Waals surface area contributed by atoms with E-state index in [0.29, 0.717) is 0 Å². The first-order valence-electron chi connectivity index (χ1n) is 8.51. The maximum absolute atomic E-state index is 4.51. The summed E-state index contributed by atoms with van der Waals surface area (Å²) in [6, 6.07) is 23.7. The SMILES string of the molecule is c1ccc2c(c1)sc1cc3c4ccccc4n(-c4ccncn4)c3cc12. The second kappa shape index (κ2) is 5.13. The molecule has 3 aromatic carbocycles. The van der Waals surface area contributed by atoms with Gasteiger partial charge in [-0.25, -0.2) is 9.97 Å². The minimum atomic E-state index is 0.894. The van der Waals surface area contributed by atoms with E-state index >= 15 is 0 Å². The molecule has 0 spiro atoms. The van der Waals surface area contributed by atoms with Crippen molar-refractivity contribution in [3.05, 3.63) is 79.3 Å². The molecule has 0 saturated carbocycles. The van der Waals surface area contributed by atoms with Crippen molar-refractivity contribution in [1.82, 2.24) is 14.5 Å². The molecule has 0 atom stereocenters. The summed E-state index contributed by atoms with van der Waals surface area (Å²) in [5.74, 6) is 0.894. The van der Waals surface area contributed by atoms with Gasteiger partial charge < -0.3 is 0 Å². The fourth-order valence-corrected chi connectivity index (χ4v) is 4.98. The van der Waals surface area contributed by atoms with Crippen LogP contribution in [0.4, 0.5) is 0 Å². The zero-order chi connectivity index (χ0) is 17.1. The van der Waals surface area contributed by atoms with Crippen molar-refractivity contribution in [3.63, 3.8) is 0 Å². The van der Waals surface area contributed by atoms with Gasteiger partial charge in [-0.15, -0.1) is 11.3 Å². The molecule has 0 saturated heterocycles. The van der Waals surface area contributed by atoms with E-state index in [4.69, 9.17) is 0 Å². The van der Waals surface area contributed by atoms with Gasteiger partial charge in [0.2, 0.25) is 0 Å². The number of aromatic nitrogens is 3. The molecule has 0 unspecified atom stereocenters. The number of benzene rings is 3. The maximum Gasteiger partial charge on any atom is 0.140 e. The standard InChI is InChI=1S/C22H13N3S/c1-3-7-18-14(5-1)16-12-21-17(15-6-2-4-8-20(15)26-21)11-19(16)25(18)22-9-10-23-13-24-22/h1-13H. The fourth-order valence-electron chi connectivity index (χ4n) is 3.85. The average molecular weight is 351 g/mol. The number of thiophene rings is 1. The van der Waals surface area contributed by atoms with Crippen molar-refractivity contribution in [2.45, 2.75) is 0 Å². The van der Waals surface area contributed by atoms with E-state index in [0.717, 1.165) is 5.82 Å². The first-order chi connectivity index (χ1) is 12.9. The molecule has 0 aliphatic carbocycles. The molecule has 0 bridgehead atoms. The second-order valence-corrected chi connectivity index (χ2v) is 7.47. The highest BCUT2D eigenvalue weighted by atomic mass is 32.1. The Kier molecular flexibility index (Phi) is 2.76. The molecule has 6 aromatic rings. The number of nitrogens with zero attached hydrogens (tertiary/aromatic N) is 3. The second-order valence-electron chi connectivity index (χ2n) is 6.38. The number of para-hydroxylation sites is 1. The summed E-state index contributed by atoms with van der Waals surface area (Å²) in [4.78, 5) is 8.58. The molecule has 4 heteroatoms. The third-order valence-electron chi connectivity index (χ3n) is 4.97. The van der Waals surface area contributed by atoms with E-state index in [-0.39, 0.29) is 0 Å². The molecular formula is C22H13N3S. The highest BCUT2D eigenvalue weighted by molar-refractivity contribution is 7.25. The predicted octanol–water partition coefficient (Wildman–Crippen LogP) is 5.94. The van der Waals surface area contributed by atoms with Crippen molar-refractivity contribution < 1.29 is 0 Å². The molecule has 0 N–H and O–H groups in total. The monoisotopic (exact) mass is 351 g/mol. The third kappa shape index (κ3) is 1.82. The lowest BCUT2D eigenvalue weighted by atomic mass is 10.1. The van der Waals surface area contributed by atoms with Crippen LogP contribution < -0.4 is 0 Å². The topological polar surface area (TPSA) is 30.7 Å². The number of hydrogen-bond donors (Lipinski definition) is 0. The van der Waals surface area contributed by atoms with Crippen LogP contribution >= 0.6 is 11.3 Å². The third-order valence-corrected chi connectivity index (χ3v) is 6.10. The molecule has 0 fully saturated rings. The van der Waals surface area contributed by atoms with Crippen LogP contribution in [0.3, 0.4) is 0 Å². The van der Waals surface area contributed by atoms with Gasteiger partial charge in [-0.3, -0.25) is 4.57 Å². The Balaban J connectivity index is 1.86. The van der Waals surface area contributed by atoms with E-state index in [2.05, 4.69) is 75.2 Å². The smallest absolute Gasteiger partial charge is 0.140 e. The van der Waals surface area contributed by atoms with Crippen LogP contribution in [0.2, 0.25) is 0 Å². The first-order valence-corrected chi connectivity index (χ1v) is 9.33. The van der Waals surface area contributed by atoms with Crippen molar-refractivity contribution in [2.75, 3.05) is 0 Å². The lowest BCUT2D eigenvalue weighted by Gasteiger charge is -2.05. The highest BCUT2D eigenvalue weighted by Gasteiger charge is 2.15. The molecule has 6 rings (SSSR count). The van der Waals surface area contributed by atoms with Crippen molar-refractivity contribution in [1.29, 1.82) is 0 Å². The fraction of sp³-hybridized carbons (Fsp3) is 0. The molecule has 3 heterocycles. The van der Waals surface area contributed by atoms with Crippen molar-refractivity contribution >= 4 is 53.3 Å². The van der Waals surface area contributed by atoms with Gasteiger partial charge in [0.05, 0.1) is 11.0 Å².